The fraction of sp³-hybridized carbons (Fsp3) is 0.200. The normalized spacial score (nSPS) is 8.14. The van der Waals surface area contributed by atoms with E-state index in [9.17, 15) is 0 Å². The van der Waals surface area contributed by atoms with Gasteiger partial charge in [-0.2, -0.15) is 9.59 Å². The summed E-state index contributed by atoms with van der Waals surface area (Å²) in [5.74, 6) is 0. The van der Waals surface area contributed by atoms with Gasteiger partial charge in [0.2, 0.25) is 0 Å². The lowest BCUT2D eigenvalue weighted by Crippen LogP contribution is -1.91. The van der Waals surface area contributed by atoms with Gasteiger partial charge in [-0.25, -0.2) is 0 Å². The van der Waals surface area contributed by atoms with Gasteiger partial charge in [-0.05, 0) is 24.1 Å². The second-order valence-electron chi connectivity index (χ2n) is 2.57. The summed E-state index contributed by atoms with van der Waals surface area (Å²) in [5.41, 5.74) is 2.53. The van der Waals surface area contributed by atoms with Crippen molar-refractivity contribution in [3.63, 3.8) is 0 Å². The quantitative estimate of drug-likeness (QED) is 0.754. The van der Waals surface area contributed by atoms with E-state index >= 15 is 0 Å². The van der Waals surface area contributed by atoms with Crippen molar-refractivity contribution in [1.82, 2.24) is 4.98 Å². The first-order valence-corrected chi connectivity index (χ1v) is 3.86. The second kappa shape index (κ2) is 6.71. The number of carbonyl (C=O) groups excluding carboxylic acids is 2. The Morgan fingerprint density at radius 2 is 2.14 bits per heavy atom. The monoisotopic (exact) mass is 193 g/mol. The second-order valence-corrected chi connectivity index (χ2v) is 2.57. The van der Waals surface area contributed by atoms with Crippen molar-refractivity contribution in [3.8, 4) is 0 Å². The molecule has 0 aliphatic carbocycles. The topological polar surface area (TPSA) is 67.3 Å². The lowest BCUT2D eigenvalue weighted by atomic mass is 10.2. The van der Waals surface area contributed by atoms with Gasteiger partial charge in [-0.1, -0.05) is 12.6 Å². The fourth-order valence-electron chi connectivity index (χ4n) is 0.758. The molecule has 1 aromatic rings. The van der Waals surface area contributed by atoms with Crippen molar-refractivity contribution in [1.29, 1.82) is 0 Å². The van der Waals surface area contributed by atoms with Crippen molar-refractivity contribution < 1.29 is 14.7 Å². The van der Waals surface area contributed by atoms with Gasteiger partial charge >= 0.3 is 6.15 Å². The van der Waals surface area contributed by atoms with Crippen LogP contribution in [-0.4, -0.2) is 22.8 Å². The van der Waals surface area contributed by atoms with Gasteiger partial charge in [0.25, 0.3) is 0 Å². The van der Waals surface area contributed by atoms with E-state index in [1.165, 1.54) is 0 Å². The third-order valence-corrected chi connectivity index (χ3v) is 1.46. The van der Waals surface area contributed by atoms with E-state index in [0.717, 1.165) is 11.3 Å². The van der Waals surface area contributed by atoms with Crippen LogP contribution in [0, 0.1) is 6.92 Å². The zero-order chi connectivity index (χ0) is 11.0. The summed E-state index contributed by atoms with van der Waals surface area (Å²) in [7, 11) is 0. The highest BCUT2D eigenvalue weighted by molar-refractivity contribution is 5.60. The van der Waals surface area contributed by atoms with Crippen LogP contribution >= 0.6 is 0 Å². The number of aliphatic hydroxyl groups excluding tert-OH is 1. The molecular formula is C10H11NO3. The maximum atomic E-state index is 8.72. The molecule has 0 bridgehead atoms. The molecule has 14 heavy (non-hydrogen) atoms. The highest BCUT2D eigenvalue weighted by Gasteiger charge is 1.96. The first-order chi connectivity index (χ1) is 6.65. The summed E-state index contributed by atoms with van der Waals surface area (Å²) in [4.78, 5) is 20.3. The Labute approximate surface area is 81.9 Å². The maximum Gasteiger partial charge on any atom is 0.373 e. The summed E-state index contributed by atoms with van der Waals surface area (Å²) in [6, 6.07) is 3.80. The summed E-state index contributed by atoms with van der Waals surface area (Å²) in [6.45, 7) is 5.60. The van der Waals surface area contributed by atoms with E-state index in [1.54, 1.807) is 6.20 Å². The molecule has 0 unspecified atom stereocenters. The van der Waals surface area contributed by atoms with Gasteiger partial charge < -0.3 is 5.11 Å². The van der Waals surface area contributed by atoms with Crippen LogP contribution in [0.5, 0.6) is 0 Å². The van der Waals surface area contributed by atoms with Crippen LogP contribution in [0.1, 0.15) is 11.3 Å². The summed E-state index contributed by atoms with van der Waals surface area (Å²) >= 11 is 0. The molecule has 0 aliphatic rings. The summed E-state index contributed by atoms with van der Waals surface area (Å²) in [5, 5.41) is 8.72. The molecule has 0 amide bonds. The number of rotatable bonds is 2. The molecule has 0 saturated carbocycles. The van der Waals surface area contributed by atoms with Gasteiger partial charge in [0.15, 0.2) is 0 Å². The van der Waals surface area contributed by atoms with Crippen LogP contribution in [0.2, 0.25) is 0 Å². The number of aliphatic hydroxyl groups is 1. The molecule has 4 heteroatoms. The van der Waals surface area contributed by atoms with Gasteiger partial charge in [-0.3, -0.25) is 4.98 Å². The Morgan fingerprint density at radius 3 is 2.50 bits per heavy atom. The first-order valence-electron chi connectivity index (χ1n) is 3.86. The van der Waals surface area contributed by atoms with Crippen LogP contribution in [0.3, 0.4) is 0 Å². The molecule has 0 aliphatic heterocycles. The highest BCUT2D eigenvalue weighted by atomic mass is 16.3. The van der Waals surface area contributed by atoms with Crippen molar-refractivity contribution in [2.45, 2.75) is 6.92 Å². The average molecular weight is 193 g/mol. The van der Waals surface area contributed by atoms with Crippen molar-refractivity contribution in [3.05, 3.63) is 36.2 Å². The van der Waals surface area contributed by atoms with E-state index in [2.05, 4.69) is 11.6 Å². The van der Waals surface area contributed by atoms with Crippen molar-refractivity contribution in [2.24, 2.45) is 0 Å². The minimum Gasteiger partial charge on any atom is -0.392 e. The molecule has 1 N–H and O–H groups in total. The Kier molecular flexibility index (Phi) is 5.87. The van der Waals surface area contributed by atoms with E-state index in [1.807, 2.05) is 19.1 Å². The molecule has 0 spiro atoms. The molecule has 1 heterocycles. The number of pyridine rings is 1. The van der Waals surface area contributed by atoms with Gasteiger partial charge in [0.05, 0.1) is 12.3 Å². The summed E-state index contributed by atoms with van der Waals surface area (Å²) < 4.78 is 0. The van der Waals surface area contributed by atoms with Gasteiger partial charge in [0.1, 0.15) is 0 Å². The molecule has 0 aromatic carbocycles. The number of hydrogen-bond donors (Lipinski definition) is 1. The number of nitrogens with zero attached hydrogens (tertiary/aromatic N) is 1. The zero-order valence-electron chi connectivity index (χ0n) is 7.86. The summed E-state index contributed by atoms with van der Waals surface area (Å²) in [6.07, 6.45) is 2.01. The minimum atomic E-state index is -0.0317. The van der Waals surface area contributed by atoms with Crippen LogP contribution in [0.25, 0.3) is 5.57 Å². The minimum absolute atomic E-state index is 0.0317. The third-order valence-electron chi connectivity index (χ3n) is 1.46. The molecule has 0 atom stereocenters. The SMILES string of the molecule is C=C(CO)c1ccc(C)cn1.O=C=O. The zero-order valence-corrected chi connectivity index (χ0v) is 7.86. The molecule has 1 aromatic heterocycles. The smallest absolute Gasteiger partial charge is 0.373 e. The molecule has 1 rings (SSSR count). The molecule has 4 nitrogen and oxygen atoms in total. The van der Waals surface area contributed by atoms with E-state index < -0.39 is 0 Å². The lowest BCUT2D eigenvalue weighted by molar-refractivity contribution is -0.191. The lowest BCUT2D eigenvalue weighted by Gasteiger charge is -1.99. The third kappa shape index (κ3) is 4.30. The van der Waals surface area contributed by atoms with Crippen molar-refractivity contribution in [2.75, 3.05) is 6.61 Å². The number of aryl methyl sites for hydroxylation is 1. The Hall–Kier alpha value is -1.77. The average Bonchev–Trinajstić information content (AvgIpc) is 2.19. The molecule has 0 saturated heterocycles. The van der Waals surface area contributed by atoms with E-state index in [4.69, 9.17) is 14.7 Å². The Morgan fingerprint density at radius 1 is 1.57 bits per heavy atom. The Bertz CT molecular complexity index is 324. The van der Waals surface area contributed by atoms with Crippen LogP contribution in [0.4, 0.5) is 0 Å². The molecule has 0 radical (unpaired) electrons. The van der Waals surface area contributed by atoms with Crippen LogP contribution < -0.4 is 0 Å². The highest BCUT2D eigenvalue weighted by Crippen LogP contribution is 2.07. The molecule has 74 valence electrons. The number of hydrogen-bond acceptors (Lipinski definition) is 4. The molecular weight excluding hydrogens is 182 g/mol. The standard InChI is InChI=1S/C9H11NO.CO2/c1-7-3-4-9(10-5-7)8(2)6-11;2-1-3/h3-5,11H,2,6H2,1H3;. The van der Waals surface area contributed by atoms with Crippen LogP contribution in [-0.2, 0) is 9.59 Å². The predicted octanol–water partition coefficient (Wildman–Crippen LogP) is 0.812. The Balaban J connectivity index is 0.000000500. The van der Waals surface area contributed by atoms with Crippen molar-refractivity contribution >= 4 is 11.7 Å². The predicted molar refractivity (Wildman–Crippen MR) is 50.1 cm³/mol. The fourth-order valence-corrected chi connectivity index (χ4v) is 0.758. The molecule has 0 fully saturated rings. The van der Waals surface area contributed by atoms with Gasteiger partial charge in [-0.15, -0.1) is 0 Å². The van der Waals surface area contributed by atoms with Crippen LogP contribution in [0.15, 0.2) is 24.9 Å². The largest absolute Gasteiger partial charge is 0.392 e. The van der Waals surface area contributed by atoms with E-state index in [-0.39, 0.29) is 12.8 Å². The maximum absolute atomic E-state index is 8.72. The number of aromatic nitrogens is 1. The first kappa shape index (κ1) is 12.2. The van der Waals surface area contributed by atoms with E-state index in [0.29, 0.717) is 5.57 Å². The van der Waals surface area contributed by atoms with Gasteiger partial charge in [0, 0.05) is 6.20 Å².